The second-order valence-electron chi connectivity index (χ2n) is 3.71. The number of aromatic nitrogens is 2. The highest BCUT2D eigenvalue weighted by Gasteiger charge is 2.24. The number of rotatable bonds is 4. The van der Waals surface area contributed by atoms with Crippen LogP contribution in [0.4, 0.5) is 35.1 Å². The number of hydrogen-bond acceptors (Lipinski definition) is 4. The summed E-state index contributed by atoms with van der Waals surface area (Å²) in [5, 5.41) is -0.618. The highest BCUT2D eigenvalue weighted by molar-refractivity contribution is 8.16. The molecule has 2 heterocycles. The van der Waals surface area contributed by atoms with Gasteiger partial charge in [-0.15, -0.1) is 23.5 Å². The lowest BCUT2D eigenvalue weighted by molar-refractivity contribution is 0.383. The van der Waals surface area contributed by atoms with Gasteiger partial charge in [0.1, 0.15) is 0 Å². The summed E-state index contributed by atoms with van der Waals surface area (Å²) in [6, 6.07) is 0. The molecule has 0 spiro atoms. The molecule has 0 atom stereocenters. The Balaban J connectivity index is 2.22. The van der Waals surface area contributed by atoms with Gasteiger partial charge in [0, 0.05) is 5.08 Å². The summed E-state index contributed by atoms with van der Waals surface area (Å²) in [6.07, 6.45) is 0. The van der Waals surface area contributed by atoms with E-state index >= 15 is 0 Å². The van der Waals surface area contributed by atoms with Crippen molar-refractivity contribution in [3.8, 4) is 0 Å². The van der Waals surface area contributed by atoms with Crippen molar-refractivity contribution in [3.05, 3.63) is 47.1 Å². The van der Waals surface area contributed by atoms with Gasteiger partial charge in [-0.1, -0.05) is 0 Å². The molecule has 12 heteroatoms. The molecular weight excluding hydrogens is 376 g/mol. The van der Waals surface area contributed by atoms with E-state index in [-0.39, 0.29) is 23.5 Å². The Hall–Kier alpha value is -1.56. The Bertz CT molecular complexity index is 655. The van der Waals surface area contributed by atoms with Gasteiger partial charge in [0.2, 0.25) is 0 Å². The van der Waals surface area contributed by atoms with E-state index in [1.807, 2.05) is 0 Å². The minimum Gasteiger partial charge on any atom is -0.201 e. The first-order valence-electron chi connectivity index (χ1n) is 5.39. The highest BCUT2D eigenvalue weighted by Crippen LogP contribution is 2.35. The van der Waals surface area contributed by atoms with E-state index < -0.39 is 61.9 Å². The van der Waals surface area contributed by atoms with Crippen LogP contribution in [0.5, 0.6) is 0 Å². The Morgan fingerprint density at radius 3 is 1.04 bits per heavy atom. The summed E-state index contributed by atoms with van der Waals surface area (Å²) in [5.41, 5.74) is 0. The molecule has 0 aromatic carbocycles. The Kier molecular flexibility index (Phi) is 5.34. The van der Waals surface area contributed by atoms with Gasteiger partial charge in [0.25, 0.3) is 23.8 Å². The SMILES string of the molecule is Fc1nc(F)c(F)c(SCSc2c(F)c(F)nc(F)c2F)c1F. The summed E-state index contributed by atoms with van der Waals surface area (Å²) in [4.78, 5) is 2.39. The van der Waals surface area contributed by atoms with E-state index in [0.29, 0.717) is 0 Å². The molecular formula is C11H2F8N2S2. The van der Waals surface area contributed by atoms with Crippen molar-refractivity contribution < 1.29 is 35.1 Å². The molecule has 0 radical (unpaired) electrons. The lowest BCUT2D eigenvalue weighted by atomic mass is 10.4. The summed E-state index contributed by atoms with van der Waals surface area (Å²) < 4.78 is 105. The standard InChI is InChI=1S/C11H2F8N2S2/c12-2-6(3(13)9(17)20-8(2)16)22-1-23-7-4(14)10(18)21-11(19)5(7)15/h1H2. The van der Waals surface area contributed by atoms with Crippen LogP contribution in [0.1, 0.15) is 0 Å². The first-order valence-corrected chi connectivity index (χ1v) is 7.36. The Morgan fingerprint density at radius 2 is 0.783 bits per heavy atom. The maximum atomic E-state index is 13.3. The fraction of sp³-hybridized carbons (Fsp3) is 0.0909. The van der Waals surface area contributed by atoms with Crippen LogP contribution in [0.15, 0.2) is 9.79 Å². The smallest absolute Gasteiger partial charge is 0.201 e. The van der Waals surface area contributed by atoms with Crippen molar-refractivity contribution in [2.24, 2.45) is 0 Å². The van der Waals surface area contributed by atoms with Crippen molar-refractivity contribution >= 4 is 23.5 Å². The second kappa shape index (κ2) is 6.91. The van der Waals surface area contributed by atoms with Gasteiger partial charge >= 0.3 is 0 Å². The third-order valence-corrected chi connectivity index (χ3v) is 4.56. The van der Waals surface area contributed by atoms with E-state index in [4.69, 9.17) is 0 Å². The second-order valence-corrected chi connectivity index (χ2v) is 6.04. The molecule has 2 aromatic rings. The zero-order chi connectivity index (χ0) is 17.3. The molecule has 2 nitrogen and oxygen atoms in total. The molecule has 0 unspecified atom stereocenters. The molecule has 2 rings (SSSR count). The summed E-state index contributed by atoms with van der Waals surface area (Å²) >= 11 is 0.241. The van der Waals surface area contributed by atoms with Crippen molar-refractivity contribution in [1.29, 1.82) is 0 Å². The summed E-state index contributed by atoms with van der Waals surface area (Å²) in [5.74, 6) is -14.8. The molecule has 124 valence electrons. The topological polar surface area (TPSA) is 25.8 Å². The number of nitrogens with zero attached hydrogens (tertiary/aromatic N) is 2. The monoisotopic (exact) mass is 378 g/mol. The quantitative estimate of drug-likeness (QED) is 0.340. The van der Waals surface area contributed by atoms with Crippen molar-refractivity contribution in [2.45, 2.75) is 9.79 Å². The Labute approximate surface area is 131 Å². The maximum Gasteiger partial charge on any atom is 0.252 e. The van der Waals surface area contributed by atoms with Gasteiger partial charge in [-0.25, -0.2) is 17.6 Å². The van der Waals surface area contributed by atoms with Crippen molar-refractivity contribution in [3.63, 3.8) is 0 Å². The summed E-state index contributed by atoms with van der Waals surface area (Å²) in [6.45, 7) is 0. The number of thioether (sulfide) groups is 2. The molecule has 0 saturated carbocycles. The molecule has 0 N–H and O–H groups in total. The first-order chi connectivity index (χ1) is 10.7. The van der Waals surface area contributed by atoms with Crippen LogP contribution in [-0.2, 0) is 0 Å². The fourth-order valence-electron chi connectivity index (χ4n) is 1.34. The average molecular weight is 378 g/mol. The van der Waals surface area contributed by atoms with E-state index in [0.717, 1.165) is 0 Å². The molecule has 0 saturated heterocycles. The molecule has 2 aromatic heterocycles. The highest BCUT2D eigenvalue weighted by atomic mass is 32.2. The normalized spacial score (nSPS) is 11.1. The lowest BCUT2D eigenvalue weighted by Gasteiger charge is -2.07. The van der Waals surface area contributed by atoms with Crippen LogP contribution in [0, 0.1) is 47.1 Å². The minimum atomic E-state index is -1.91. The van der Waals surface area contributed by atoms with E-state index in [9.17, 15) is 35.1 Å². The molecule has 0 fully saturated rings. The van der Waals surface area contributed by atoms with Crippen LogP contribution in [0.2, 0.25) is 0 Å². The molecule has 0 bridgehead atoms. The number of hydrogen-bond donors (Lipinski definition) is 0. The predicted octanol–water partition coefficient (Wildman–Crippen LogP) is 4.43. The van der Waals surface area contributed by atoms with E-state index in [1.165, 1.54) is 0 Å². The summed E-state index contributed by atoms with van der Waals surface area (Å²) in [7, 11) is 0. The average Bonchev–Trinajstić information content (AvgIpc) is 2.49. The molecule has 0 aliphatic carbocycles. The lowest BCUT2D eigenvalue weighted by Crippen LogP contribution is -2.03. The number of halogens is 8. The van der Waals surface area contributed by atoms with Crippen molar-refractivity contribution in [2.75, 3.05) is 5.08 Å². The fourth-order valence-corrected chi connectivity index (χ4v) is 3.36. The molecule has 0 aliphatic heterocycles. The van der Waals surface area contributed by atoms with Crippen LogP contribution in [-0.4, -0.2) is 15.1 Å². The van der Waals surface area contributed by atoms with Crippen LogP contribution in [0.3, 0.4) is 0 Å². The van der Waals surface area contributed by atoms with E-state index in [2.05, 4.69) is 9.97 Å². The third-order valence-electron chi connectivity index (χ3n) is 2.32. The predicted molar refractivity (Wildman–Crippen MR) is 64.7 cm³/mol. The van der Waals surface area contributed by atoms with Crippen LogP contribution < -0.4 is 0 Å². The van der Waals surface area contributed by atoms with Gasteiger partial charge in [-0.3, -0.25) is 0 Å². The third kappa shape index (κ3) is 3.52. The van der Waals surface area contributed by atoms with Gasteiger partial charge in [-0.05, 0) is 0 Å². The van der Waals surface area contributed by atoms with Crippen LogP contribution in [0.25, 0.3) is 0 Å². The largest absolute Gasteiger partial charge is 0.252 e. The zero-order valence-electron chi connectivity index (χ0n) is 10.4. The Morgan fingerprint density at radius 1 is 0.522 bits per heavy atom. The van der Waals surface area contributed by atoms with Crippen molar-refractivity contribution in [1.82, 2.24) is 9.97 Å². The molecule has 0 aliphatic rings. The van der Waals surface area contributed by atoms with Gasteiger partial charge in [-0.2, -0.15) is 27.5 Å². The minimum absolute atomic E-state index is 0.120. The van der Waals surface area contributed by atoms with Gasteiger partial charge < -0.3 is 0 Å². The first kappa shape index (κ1) is 17.8. The van der Waals surface area contributed by atoms with E-state index in [1.54, 1.807) is 0 Å². The van der Waals surface area contributed by atoms with Crippen LogP contribution >= 0.6 is 23.5 Å². The van der Waals surface area contributed by atoms with Gasteiger partial charge in [0.05, 0.1) is 9.79 Å². The number of pyridine rings is 2. The van der Waals surface area contributed by atoms with Gasteiger partial charge in [0.15, 0.2) is 23.3 Å². The molecule has 23 heavy (non-hydrogen) atoms. The molecule has 0 amide bonds. The maximum absolute atomic E-state index is 13.3. The zero-order valence-corrected chi connectivity index (χ0v) is 12.1.